The molecule has 1 aliphatic rings. The molecular formula is C19H17ClFNO5. The Morgan fingerprint density at radius 3 is 2.81 bits per heavy atom. The van der Waals surface area contributed by atoms with Crippen LogP contribution in [0.2, 0.25) is 5.02 Å². The van der Waals surface area contributed by atoms with Gasteiger partial charge in [0, 0.05) is 13.1 Å². The molecule has 1 heterocycles. The van der Waals surface area contributed by atoms with Crippen LogP contribution in [-0.2, 0) is 16.1 Å². The minimum absolute atomic E-state index is 0.0254. The van der Waals surface area contributed by atoms with Crippen molar-refractivity contribution in [2.75, 3.05) is 19.9 Å². The van der Waals surface area contributed by atoms with E-state index in [4.69, 9.17) is 25.8 Å². The van der Waals surface area contributed by atoms with Crippen LogP contribution in [0.15, 0.2) is 36.4 Å². The summed E-state index contributed by atoms with van der Waals surface area (Å²) in [7, 11) is 0. The van der Waals surface area contributed by atoms with E-state index in [1.165, 1.54) is 29.2 Å². The Kier molecular flexibility index (Phi) is 5.81. The highest BCUT2D eigenvalue weighted by molar-refractivity contribution is 6.32. The van der Waals surface area contributed by atoms with Crippen molar-refractivity contribution < 1.29 is 28.2 Å². The second-order valence-electron chi connectivity index (χ2n) is 5.81. The summed E-state index contributed by atoms with van der Waals surface area (Å²) in [6.07, 6.45) is 0. The summed E-state index contributed by atoms with van der Waals surface area (Å²) in [6.45, 7) is 1.99. The predicted octanol–water partition coefficient (Wildman–Crippen LogP) is 3.41. The topological polar surface area (TPSA) is 65.1 Å². The lowest BCUT2D eigenvalue weighted by atomic mass is 10.2. The van der Waals surface area contributed by atoms with E-state index in [-0.39, 0.29) is 35.6 Å². The third kappa shape index (κ3) is 4.49. The highest BCUT2D eigenvalue weighted by atomic mass is 35.5. The lowest BCUT2D eigenvalue weighted by Crippen LogP contribution is -2.34. The Labute approximate surface area is 160 Å². The van der Waals surface area contributed by atoms with Crippen LogP contribution < -0.4 is 9.47 Å². The van der Waals surface area contributed by atoms with Crippen LogP contribution in [-0.4, -0.2) is 36.7 Å². The van der Waals surface area contributed by atoms with E-state index < -0.39 is 12.6 Å². The van der Waals surface area contributed by atoms with Gasteiger partial charge in [-0.1, -0.05) is 23.7 Å². The number of rotatable bonds is 6. The molecule has 2 aromatic rings. The van der Waals surface area contributed by atoms with Gasteiger partial charge in [-0.15, -0.1) is 0 Å². The van der Waals surface area contributed by atoms with Crippen molar-refractivity contribution in [1.82, 2.24) is 4.90 Å². The van der Waals surface area contributed by atoms with E-state index >= 15 is 0 Å². The fraction of sp³-hybridized carbons (Fsp3) is 0.263. The molecule has 0 saturated carbocycles. The quantitative estimate of drug-likeness (QED) is 0.704. The molecule has 142 valence electrons. The summed E-state index contributed by atoms with van der Waals surface area (Å²) in [5.74, 6) is -0.743. The number of likely N-dealkylation sites (N-methyl/N-ethyl adjacent to an activating group) is 1. The molecule has 0 radical (unpaired) electrons. The van der Waals surface area contributed by atoms with Crippen molar-refractivity contribution >= 4 is 23.5 Å². The van der Waals surface area contributed by atoms with Crippen LogP contribution in [0.1, 0.15) is 22.8 Å². The molecule has 0 bridgehead atoms. The van der Waals surface area contributed by atoms with Crippen LogP contribution in [0.5, 0.6) is 11.5 Å². The van der Waals surface area contributed by atoms with Crippen LogP contribution in [0.3, 0.4) is 0 Å². The molecule has 0 atom stereocenters. The number of benzene rings is 2. The van der Waals surface area contributed by atoms with E-state index in [1.807, 2.05) is 0 Å². The molecule has 1 amide bonds. The average molecular weight is 394 g/mol. The minimum Gasteiger partial charge on any atom is -0.454 e. The van der Waals surface area contributed by atoms with E-state index in [1.54, 1.807) is 19.1 Å². The Bertz CT molecular complexity index is 873. The average Bonchev–Trinajstić information content (AvgIpc) is 3.13. The number of halogens is 2. The lowest BCUT2D eigenvalue weighted by molar-refractivity contribution is -0.134. The number of fused-ring (bicyclic) bond motifs is 1. The minimum atomic E-state index is -0.703. The van der Waals surface area contributed by atoms with Gasteiger partial charge in [-0.3, -0.25) is 4.79 Å². The summed E-state index contributed by atoms with van der Waals surface area (Å²) in [6, 6.07) is 8.83. The summed E-state index contributed by atoms with van der Waals surface area (Å²) in [4.78, 5) is 26.0. The van der Waals surface area contributed by atoms with Gasteiger partial charge in [-0.2, -0.15) is 0 Å². The number of hydrogen-bond donors (Lipinski definition) is 0. The highest BCUT2D eigenvalue weighted by Crippen LogP contribution is 2.39. The van der Waals surface area contributed by atoms with Crippen molar-refractivity contribution in [1.29, 1.82) is 0 Å². The first-order chi connectivity index (χ1) is 13.0. The Morgan fingerprint density at radius 1 is 1.26 bits per heavy atom. The van der Waals surface area contributed by atoms with Crippen LogP contribution in [0, 0.1) is 5.82 Å². The number of hydrogen-bond acceptors (Lipinski definition) is 5. The number of amides is 1. The summed E-state index contributed by atoms with van der Waals surface area (Å²) >= 11 is 6.04. The van der Waals surface area contributed by atoms with Gasteiger partial charge in [-0.05, 0) is 36.8 Å². The Balaban J connectivity index is 1.60. The molecule has 8 heteroatoms. The van der Waals surface area contributed by atoms with Gasteiger partial charge in [0.05, 0.1) is 10.6 Å². The van der Waals surface area contributed by atoms with Gasteiger partial charge in [0.1, 0.15) is 5.82 Å². The first-order valence-corrected chi connectivity index (χ1v) is 8.64. The monoisotopic (exact) mass is 393 g/mol. The number of ether oxygens (including phenoxy) is 3. The smallest absolute Gasteiger partial charge is 0.338 e. The predicted molar refractivity (Wildman–Crippen MR) is 95.3 cm³/mol. The second kappa shape index (κ2) is 8.26. The standard InChI is InChI=1S/C19H17ClFNO5/c1-2-22(9-12-4-3-5-14(21)6-12)17(23)10-25-19(24)13-7-15(20)18-16(8-13)26-11-27-18/h3-8H,2,9-11H2,1H3. The zero-order valence-corrected chi connectivity index (χ0v) is 15.3. The maximum atomic E-state index is 13.3. The van der Waals surface area contributed by atoms with E-state index in [0.717, 1.165) is 0 Å². The van der Waals surface area contributed by atoms with Crippen molar-refractivity contribution in [2.24, 2.45) is 0 Å². The first-order valence-electron chi connectivity index (χ1n) is 8.26. The number of carbonyl (C=O) groups excluding carboxylic acids is 2. The Morgan fingerprint density at radius 2 is 2.07 bits per heavy atom. The number of carbonyl (C=O) groups is 2. The van der Waals surface area contributed by atoms with Crippen molar-refractivity contribution in [3.63, 3.8) is 0 Å². The zero-order chi connectivity index (χ0) is 19.4. The SMILES string of the molecule is CCN(Cc1cccc(F)c1)C(=O)COC(=O)c1cc(Cl)c2c(c1)OCO2. The molecule has 0 aliphatic carbocycles. The molecule has 6 nitrogen and oxygen atoms in total. The Hall–Kier alpha value is -2.80. The van der Waals surface area contributed by atoms with Gasteiger partial charge in [0.25, 0.3) is 5.91 Å². The van der Waals surface area contributed by atoms with Crippen molar-refractivity contribution in [3.8, 4) is 11.5 Å². The van der Waals surface area contributed by atoms with Crippen LogP contribution in [0.25, 0.3) is 0 Å². The molecule has 0 saturated heterocycles. The normalized spacial score (nSPS) is 12.0. The third-order valence-corrected chi connectivity index (χ3v) is 4.27. The fourth-order valence-corrected chi connectivity index (χ4v) is 2.88. The molecule has 0 spiro atoms. The second-order valence-corrected chi connectivity index (χ2v) is 6.21. The molecule has 2 aromatic carbocycles. The van der Waals surface area contributed by atoms with E-state index in [9.17, 15) is 14.0 Å². The summed E-state index contributed by atoms with van der Waals surface area (Å²) < 4.78 is 28.8. The maximum absolute atomic E-state index is 13.3. The third-order valence-electron chi connectivity index (χ3n) is 3.99. The van der Waals surface area contributed by atoms with Gasteiger partial charge in [0.15, 0.2) is 18.1 Å². The van der Waals surface area contributed by atoms with E-state index in [0.29, 0.717) is 23.6 Å². The molecule has 0 fully saturated rings. The fourth-order valence-electron chi connectivity index (χ4n) is 2.62. The number of esters is 1. The molecule has 3 rings (SSSR count). The molecule has 27 heavy (non-hydrogen) atoms. The van der Waals surface area contributed by atoms with Gasteiger partial charge in [-0.25, -0.2) is 9.18 Å². The maximum Gasteiger partial charge on any atom is 0.338 e. The van der Waals surface area contributed by atoms with Crippen molar-refractivity contribution in [2.45, 2.75) is 13.5 Å². The zero-order valence-electron chi connectivity index (χ0n) is 14.5. The van der Waals surface area contributed by atoms with Crippen LogP contribution in [0.4, 0.5) is 4.39 Å². The highest BCUT2D eigenvalue weighted by Gasteiger charge is 2.22. The lowest BCUT2D eigenvalue weighted by Gasteiger charge is -2.21. The van der Waals surface area contributed by atoms with Crippen LogP contribution >= 0.6 is 11.6 Å². The summed E-state index contributed by atoms with van der Waals surface area (Å²) in [5, 5.41) is 0.226. The van der Waals surface area contributed by atoms with Crippen molar-refractivity contribution in [3.05, 3.63) is 58.4 Å². The molecule has 0 unspecified atom stereocenters. The van der Waals surface area contributed by atoms with Gasteiger partial charge >= 0.3 is 5.97 Å². The molecule has 0 aromatic heterocycles. The largest absolute Gasteiger partial charge is 0.454 e. The van der Waals surface area contributed by atoms with Gasteiger partial charge in [0.2, 0.25) is 6.79 Å². The molecular weight excluding hydrogens is 377 g/mol. The molecule has 1 aliphatic heterocycles. The first kappa shape index (κ1) is 19.0. The number of nitrogens with zero attached hydrogens (tertiary/aromatic N) is 1. The summed E-state index contributed by atoms with van der Waals surface area (Å²) in [5.41, 5.74) is 0.810. The van der Waals surface area contributed by atoms with E-state index in [2.05, 4.69) is 0 Å². The molecule has 0 N–H and O–H groups in total. The van der Waals surface area contributed by atoms with Gasteiger partial charge < -0.3 is 19.1 Å².